The SMILES string of the molecule is O=C(O)C1CCN(Cc2cccc(F)c2)C(=O)C1. The monoisotopic (exact) mass is 251 g/mol. The van der Waals surface area contributed by atoms with E-state index >= 15 is 0 Å². The van der Waals surface area contributed by atoms with Crippen LogP contribution in [0, 0.1) is 11.7 Å². The Morgan fingerprint density at radius 2 is 2.28 bits per heavy atom. The van der Waals surface area contributed by atoms with Crippen molar-refractivity contribution in [2.75, 3.05) is 6.54 Å². The summed E-state index contributed by atoms with van der Waals surface area (Å²) < 4.78 is 13.0. The first-order valence-corrected chi connectivity index (χ1v) is 5.81. The standard InChI is InChI=1S/C13H14FNO3/c14-11-3-1-2-9(6-11)8-15-5-4-10(13(17)18)7-12(15)16/h1-3,6,10H,4-5,7-8H2,(H,17,18). The fourth-order valence-corrected chi connectivity index (χ4v) is 2.11. The van der Waals surface area contributed by atoms with Gasteiger partial charge in [-0.15, -0.1) is 0 Å². The molecule has 2 rings (SSSR count). The lowest BCUT2D eigenvalue weighted by molar-refractivity contribution is -0.149. The van der Waals surface area contributed by atoms with Gasteiger partial charge in [-0.05, 0) is 24.1 Å². The van der Waals surface area contributed by atoms with Gasteiger partial charge in [0, 0.05) is 19.5 Å². The maximum atomic E-state index is 13.0. The number of carboxylic acid groups (broad SMARTS) is 1. The van der Waals surface area contributed by atoms with E-state index in [1.807, 2.05) is 0 Å². The zero-order valence-corrected chi connectivity index (χ0v) is 9.80. The van der Waals surface area contributed by atoms with Gasteiger partial charge in [-0.2, -0.15) is 0 Å². The Hall–Kier alpha value is -1.91. The maximum absolute atomic E-state index is 13.0. The third-order valence-electron chi connectivity index (χ3n) is 3.13. The first kappa shape index (κ1) is 12.5. The Kier molecular flexibility index (Phi) is 3.60. The largest absolute Gasteiger partial charge is 0.481 e. The molecule has 1 fully saturated rings. The van der Waals surface area contributed by atoms with Gasteiger partial charge in [0.15, 0.2) is 0 Å². The molecule has 0 aliphatic carbocycles. The number of rotatable bonds is 3. The lowest BCUT2D eigenvalue weighted by Crippen LogP contribution is -2.40. The third kappa shape index (κ3) is 2.85. The van der Waals surface area contributed by atoms with E-state index in [2.05, 4.69) is 0 Å². The van der Waals surface area contributed by atoms with Crippen molar-refractivity contribution in [1.29, 1.82) is 0 Å². The smallest absolute Gasteiger partial charge is 0.307 e. The molecule has 1 saturated heterocycles. The molecule has 1 aromatic rings. The molecule has 0 bridgehead atoms. The van der Waals surface area contributed by atoms with Gasteiger partial charge in [-0.3, -0.25) is 9.59 Å². The number of aliphatic carboxylic acids is 1. The van der Waals surface area contributed by atoms with E-state index in [9.17, 15) is 14.0 Å². The predicted molar refractivity (Wildman–Crippen MR) is 62.2 cm³/mol. The van der Waals surface area contributed by atoms with Gasteiger partial charge < -0.3 is 10.0 Å². The third-order valence-corrected chi connectivity index (χ3v) is 3.13. The number of halogens is 1. The van der Waals surface area contributed by atoms with Gasteiger partial charge in [0.1, 0.15) is 5.82 Å². The molecule has 0 aromatic heterocycles. The topological polar surface area (TPSA) is 57.6 Å². The number of carbonyl (C=O) groups is 2. The van der Waals surface area contributed by atoms with Crippen LogP contribution < -0.4 is 0 Å². The van der Waals surface area contributed by atoms with Gasteiger partial charge in [0.25, 0.3) is 0 Å². The normalized spacial score (nSPS) is 19.9. The predicted octanol–water partition coefficient (Wildman–Crippen LogP) is 1.65. The van der Waals surface area contributed by atoms with Crippen molar-refractivity contribution in [2.45, 2.75) is 19.4 Å². The Bertz CT molecular complexity index is 475. The average molecular weight is 251 g/mol. The highest BCUT2D eigenvalue weighted by Crippen LogP contribution is 2.20. The number of amides is 1. The van der Waals surface area contributed by atoms with E-state index in [0.717, 1.165) is 5.56 Å². The molecule has 1 unspecified atom stereocenters. The minimum atomic E-state index is -0.922. The van der Waals surface area contributed by atoms with E-state index in [1.165, 1.54) is 12.1 Å². The molecule has 1 N–H and O–H groups in total. The molecule has 18 heavy (non-hydrogen) atoms. The van der Waals surface area contributed by atoms with Gasteiger partial charge in [-0.25, -0.2) is 4.39 Å². The van der Waals surface area contributed by atoms with Gasteiger partial charge in [0.2, 0.25) is 5.91 Å². The number of hydrogen-bond donors (Lipinski definition) is 1. The van der Waals surface area contributed by atoms with E-state index in [-0.39, 0.29) is 18.1 Å². The highest BCUT2D eigenvalue weighted by Gasteiger charge is 2.30. The van der Waals surface area contributed by atoms with Crippen molar-refractivity contribution in [1.82, 2.24) is 4.90 Å². The molecule has 5 heteroatoms. The van der Waals surface area contributed by atoms with Gasteiger partial charge in [-0.1, -0.05) is 12.1 Å². The summed E-state index contributed by atoms with van der Waals surface area (Å²) in [7, 11) is 0. The Labute approximate surface area is 104 Å². The van der Waals surface area contributed by atoms with Crippen LogP contribution in [0.25, 0.3) is 0 Å². The number of carboxylic acids is 1. The molecule has 1 amide bonds. The summed E-state index contributed by atoms with van der Waals surface area (Å²) in [5, 5.41) is 8.85. The van der Waals surface area contributed by atoms with Crippen molar-refractivity contribution in [3.63, 3.8) is 0 Å². The average Bonchev–Trinajstić information content (AvgIpc) is 2.31. The molecule has 1 atom stereocenters. The van der Waals surface area contributed by atoms with Gasteiger partial charge >= 0.3 is 5.97 Å². The Balaban J connectivity index is 1.99. The number of nitrogens with zero attached hydrogens (tertiary/aromatic N) is 1. The fraction of sp³-hybridized carbons (Fsp3) is 0.385. The summed E-state index contributed by atoms with van der Waals surface area (Å²) in [4.78, 5) is 24.1. The first-order valence-electron chi connectivity index (χ1n) is 5.81. The van der Waals surface area contributed by atoms with Crippen LogP contribution in [-0.2, 0) is 16.1 Å². The van der Waals surface area contributed by atoms with Crippen molar-refractivity contribution >= 4 is 11.9 Å². The molecular formula is C13H14FNO3. The van der Waals surface area contributed by atoms with Crippen LogP contribution in [0.3, 0.4) is 0 Å². The number of hydrogen-bond acceptors (Lipinski definition) is 2. The molecule has 0 saturated carbocycles. The summed E-state index contributed by atoms with van der Waals surface area (Å²) in [5.41, 5.74) is 0.720. The summed E-state index contributed by atoms with van der Waals surface area (Å²) in [6, 6.07) is 6.08. The summed E-state index contributed by atoms with van der Waals surface area (Å²) in [5.74, 6) is -2.02. The molecule has 1 aliphatic heterocycles. The number of benzene rings is 1. The van der Waals surface area contributed by atoms with Crippen molar-refractivity contribution < 1.29 is 19.1 Å². The zero-order valence-electron chi connectivity index (χ0n) is 9.80. The van der Waals surface area contributed by atoms with E-state index in [1.54, 1.807) is 17.0 Å². The molecule has 0 spiro atoms. The van der Waals surface area contributed by atoms with Crippen LogP contribution >= 0.6 is 0 Å². The summed E-state index contributed by atoms with van der Waals surface area (Å²) in [6.07, 6.45) is 0.487. The fourth-order valence-electron chi connectivity index (χ4n) is 2.11. The van der Waals surface area contributed by atoms with Crippen LogP contribution in [0.2, 0.25) is 0 Å². The van der Waals surface area contributed by atoms with Crippen LogP contribution in [0.4, 0.5) is 4.39 Å². The minimum Gasteiger partial charge on any atom is -0.481 e. The number of piperidine rings is 1. The van der Waals surface area contributed by atoms with E-state index in [4.69, 9.17) is 5.11 Å². The van der Waals surface area contributed by atoms with Crippen LogP contribution in [0.1, 0.15) is 18.4 Å². The van der Waals surface area contributed by atoms with Crippen LogP contribution in [-0.4, -0.2) is 28.4 Å². The van der Waals surface area contributed by atoms with E-state index in [0.29, 0.717) is 19.5 Å². The maximum Gasteiger partial charge on any atom is 0.307 e. The second-order valence-electron chi connectivity index (χ2n) is 4.47. The van der Waals surface area contributed by atoms with Crippen molar-refractivity contribution in [3.8, 4) is 0 Å². The highest BCUT2D eigenvalue weighted by atomic mass is 19.1. The quantitative estimate of drug-likeness (QED) is 0.888. The lowest BCUT2D eigenvalue weighted by Gasteiger charge is -2.30. The second kappa shape index (κ2) is 5.16. The van der Waals surface area contributed by atoms with Gasteiger partial charge in [0.05, 0.1) is 5.92 Å². The molecule has 1 heterocycles. The highest BCUT2D eigenvalue weighted by molar-refractivity contribution is 5.83. The lowest BCUT2D eigenvalue weighted by atomic mass is 9.96. The van der Waals surface area contributed by atoms with Crippen molar-refractivity contribution in [3.05, 3.63) is 35.6 Å². The molecule has 1 aromatic carbocycles. The van der Waals surface area contributed by atoms with E-state index < -0.39 is 11.9 Å². The van der Waals surface area contributed by atoms with Crippen molar-refractivity contribution in [2.24, 2.45) is 5.92 Å². The molecule has 96 valence electrons. The van der Waals surface area contributed by atoms with Crippen LogP contribution in [0.5, 0.6) is 0 Å². The Morgan fingerprint density at radius 1 is 1.50 bits per heavy atom. The molecule has 0 radical (unpaired) electrons. The second-order valence-corrected chi connectivity index (χ2v) is 4.47. The minimum absolute atomic E-state index is 0.0324. The molecule has 4 nitrogen and oxygen atoms in total. The Morgan fingerprint density at radius 3 is 2.89 bits per heavy atom. The molecular weight excluding hydrogens is 237 g/mol. The summed E-state index contributed by atoms with van der Waals surface area (Å²) >= 11 is 0. The number of carbonyl (C=O) groups excluding carboxylic acids is 1. The molecule has 1 aliphatic rings. The summed E-state index contributed by atoms with van der Waals surface area (Å²) in [6.45, 7) is 0.745. The first-order chi connectivity index (χ1) is 8.56. The zero-order chi connectivity index (χ0) is 13.1. The van der Waals surface area contributed by atoms with Crippen LogP contribution in [0.15, 0.2) is 24.3 Å². The number of likely N-dealkylation sites (tertiary alicyclic amines) is 1.